The Bertz CT molecular complexity index is 1200. The number of hydrogen-bond donors (Lipinski definition) is 0. The Balaban J connectivity index is 1.48. The van der Waals surface area contributed by atoms with Gasteiger partial charge in [0.2, 0.25) is 10.0 Å². The quantitative estimate of drug-likeness (QED) is 0.596. The van der Waals surface area contributed by atoms with E-state index in [-0.39, 0.29) is 47.8 Å². The molecule has 1 aliphatic rings. The van der Waals surface area contributed by atoms with E-state index in [1.807, 2.05) is 25.1 Å². The lowest BCUT2D eigenvalue weighted by atomic mass is 10.2. The highest BCUT2D eigenvalue weighted by Gasteiger charge is 2.31. The number of halogens is 2. The van der Waals surface area contributed by atoms with E-state index in [4.69, 9.17) is 27.6 Å². The maximum Gasteiger partial charge on any atom is 0.289 e. The highest BCUT2D eigenvalue weighted by atomic mass is 35.5. The van der Waals surface area contributed by atoms with Crippen LogP contribution < -0.4 is 0 Å². The summed E-state index contributed by atoms with van der Waals surface area (Å²) in [6.07, 6.45) is 0. The second-order valence-electron chi connectivity index (χ2n) is 6.92. The van der Waals surface area contributed by atoms with Gasteiger partial charge in [0.15, 0.2) is 5.76 Å². The van der Waals surface area contributed by atoms with Gasteiger partial charge in [-0.25, -0.2) is 8.42 Å². The molecule has 0 saturated carbocycles. The lowest BCUT2D eigenvalue weighted by molar-refractivity contribution is 0.0668. The van der Waals surface area contributed by atoms with Crippen LogP contribution in [0, 0.1) is 6.92 Å². The molecule has 1 amide bonds. The number of carbonyl (C=O) groups is 1. The molecular weight excluding hydrogens is 435 g/mol. The van der Waals surface area contributed by atoms with Gasteiger partial charge in [-0.2, -0.15) is 4.31 Å². The van der Waals surface area contributed by atoms with Gasteiger partial charge in [0.1, 0.15) is 5.58 Å². The monoisotopic (exact) mass is 452 g/mol. The summed E-state index contributed by atoms with van der Waals surface area (Å²) < 4.78 is 32.7. The number of piperazine rings is 1. The van der Waals surface area contributed by atoms with E-state index in [0.29, 0.717) is 10.6 Å². The highest BCUT2D eigenvalue weighted by Crippen LogP contribution is 2.27. The van der Waals surface area contributed by atoms with Gasteiger partial charge in [-0.1, -0.05) is 34.8 Å². The Morgan fingerprint density at radius 2 is 1.69 bits per heavy atom. The first-order valence-corrected chi connectivity index (χ1v) is 11.2. The van der Waals surface area contributed by atoms with E-state index in [2.05, 4.69) is 0 Å². The summed E-state index contributed by atoms with van der Waals surface area (Å²) in [6, 6.07) is 11.7. The molecule has 0 spiro atoms. The number of aryl methyl sites for hydroxylation is 1. The van der Waals surface area contributed by atoms with Gasteiger partial charge in [-0.3, -0.25) is 4.79 Å². The molecule has 2 heterocycles. The van der Waals surface area contributed by atoms with Crippen LogP contribution in [0.15, 0.2) is 51.8 Å². The number of carbonyl (C=O) groups excluding carboxylic acids is 1. The number of benzene rings is 2. The molecule has 0 unspecified atom stereocenters. The van der Waals surface area contributed by atoms with Crippen molar-refractivity contribution in [2.45, 2.75) is 11.8 Å². The van der Waals surface area contributed by atoms with Crippen molar-refractivity contribution >= 4 is 50.1 Å². The van der Waals surface area contributed by atoms with Gasteiger partial charge in [0, 0.05) is 31.6 Å². The first-order valence-electron chi connectivity index (χ1n) is 9.00. The largest absolute Gasteiger partial charge is 0.451 e. The normalized spacial score (nSPS) is 15.8. The number of rotatable bonds is 3. The smallest absolute Gasteiger partial charge is 0.289 e. The number of sulfonamides is 1. The number of amides is 1. The number of furan rings is 1. The van der Waals surface area contributed by atoms with Gasteiger partial charge < -0.3 is 9.32 Å². The van der Waals surface area contributed by atoms with Crippen molar-refractivity contribution < 1.29 is 17.6 Å². The SMILES string of the molecule is Cc1ccc2oc(C(=O)N3CCN(S(=O)(=O)c4ccc(Cl)c(Cl)c4)CC3)cc2c1. The van der Waals surface area contributed by atoms with E-state index in [9.17, 15) is 13.2 Å². The molecule has 2 aromatic carbocycles. The first kappa shape index (κ1) is 20.2. The lowest BCUT2D eigenvalue weighted by Gasteiger charge is -2.33. The molecule has 1 aromatic heterocycles. The number of fused-ring (bicyclic) bond motifs is 1. The van der Waals surface area contributed by atoms with E-state index < -0.39 is 10.0 Å². The zero-order valence-electron chi connectivity index (χ0n) is 15.6. The summed E-state index contributed by atoms with van der Waals surface area (Å²) >= 11 is 11.8. The van der Waals surface area contributed by atoms with Crippen LogP contribution in [0.1, 0.15) is 16.1 Å². The second-order valence-corrected chi connectivity index (χ2v) is 9.68. The number of nitrogens with zero attached hydrogens (tertiary/aromatic N) is 2. The standard InChI is InChI=1S/C20H18Cl2N2O4S/c1-13-2-5-18-14(10-13)11-19(28-18)20(25)23-6-8-24(9-7-23)29(26,27)15-3-4-16(21)17(22)12-15/h2-5,10-12H,6-9H2,1H3. The molecule has 0 aliphatic carbocycles. The average molecular weight is 453 g/mol. The molecule has 6 nitrogen and oxygen atoms in total. The Morgan fingerprint density at radius 1 is 0.966 bits per heavy atom. The van der Waals surface area contributed by atoms with Crippen LogP contribution in [0.2, 0.25) is 10.0 Å². The predicted octanol–water partition coefficient (Wildman–Crippen LogP) is 4.19. The molecule has 3 aromatic rings. The Morgan fingerprint density at radius 3 is 2.38 bits per heavy atom. The van der Waals surface area contributed by atoms with E-state index in [1.165, 1.54) is 22.5 Å². The molecule has 4 rings (SSSR count). The van der Waals surface area contributed by atoms with Crippen LogP contribution in [-0.2, 0) is 10.0 Å². The lowest BCUT2D eigenvalue weighted by Crippen LogP contribution is -2.50. The summed E-state index contributed by atoms with van der Waals surface area (Å²) in [5, 5.41) is 1.35. The topological polar surface area (TPSA) is 70.8 Å². The first-order chi connectivity index (χ1) is 13.8. The molecule has 0 atom stereocenters. The summed E-state index contributed by atoms with van der Waals surface area (Å²) in [7, 11) is -3.71. The van der Waals surface area contributed by atoms with Crippen LogP contribution in [0.25, 0.3) is 11.0 Å². The van der Waals surface area contributed by atoms with Gasteiger partial charge >= 0.3 is 0 Å². The summed E-state index contributed by atoms with van der Waals surface area (Å²) in [5.41, 5.74) is 1.73. The van der Waals surface area contributed by atoms with E-state index >= 15 is 0 Å². The molecule has 1 saturated heterocycles. The average Bonchev–Trinajstić information content (AvgIpc) is 3.12. The molecule has 152 valence electrons. The second kappa shape index (κ2) is 7.65. The number of hydrogen-bond acceptors (Lipinski definition) is 4. The van der Waals surface area contributed by atoms with Gasteiger partial charge in [0.25, 0.3) is 5.91 Å². The molecule has 1 fully saturated rings. The van der Waals surface area contributed by atoms with Crippen molar-refractivity contribution in [3.8, 4) is 0 Å². The van der Waals surface area contributed by atoms with Crippen molar-refractivity contribution in [3.63, 3.8) is 0 Å². The van der Waals surface area contributed by atoms with Crippen LogP contribution >= 0.6 is 23.2 Å². The van der Waals surface area contributed by atoms with Crippen LogP contribution in [0.4, 0.5) is 0 Å². The van der Waals surface area contributed by atoms with Gasteiger partial charge in [-0.05, 0) is 43.3 Å². The van der Waals surface area contributed by atoms with Gasteiger partial charge in [-0.15, -0.1) is 0 Å². The van der Waals surface area contributed by atoms with Crippen molar-refractivity contribution in [2.24, 2.45) is 0 Å². The van der Waals surface area contributed by atoms with Crippen LogP contribution in [-0.4, -0.2) is 49.7 Å². The van der Waals surface area contributed by atoms with Crippen LogP contribution in [0.3, 0.4) is 0 Å². The maximum absolute atomic E-state index is 12.8. The fraction of sp³-hybridized carbons (Fsp3) is 0.250. The Hall–Kier alpha value is -2.06. The summed E-state index contributed by atoms with van der Waals surface area (Å²) in [4.78, 5) is 14.5. The molecule has 0 bridgehead atoms. The van der Waals surface area contributed by atoms with Crippen molar-refractivity contribution in [3.05, 3.63) is 63.8 Å². The fourth-order valence-corrected chi connectivity index (χ4v) is 5.15. The minimum Gasteiger partial charge on any atom is -0.451 e. The zero-order valence-corrected chi connectivity index (χ0v) is 17.9. The highest BCUT2D eigenvalue weighted by molar-refractivity contribution is 7.89. The van der Waals surface area contributed by atoms with Gasteiger partial charge in [0.05, 0.1) is 14.9 Å². The third kappa shape index (κ3) is 3.88. The van der Waals surface area contributed by atoms with Crippen molar-refractivity contribution in [2.75, 3.05) is 26.2 Å². The molecule has 0 radical (unpaired) electrons. The van der Waals surface area contributed by atoms with Crippen molar-refractivity contribution in [1.82, 2.24) is 9.21 Å². The minimum atomic E-state index is -3.71. The Labute approximate surface area is 178 Å². The maximum atomic E-state index is 12.8. The fourth-order valence-electron chi connectivity index (χ4n) is 3.34. The third-order valence-corrected chi connectivity index (χ3v) is 7.57. The minimum absolute atomic E-state index is 0.0827. The Kier molecular flexibility index (Phi) is 5.33. The molecule has 1 aliphatic heterocycles. The predicted molar refractivity (Wildman–Crippen MR) is 112 cm³/mol. The van der Waals surface area contributed by atoms with Crippen LogP contribution in [0.5, 0.6) is 0 Å². The molecule has 0 N–H and O–H groups in total. The molecule has 29 heavy (non-hydrogen) atoms. The molecule has 9 heteroatoms. The zero-order chi connectivity index (χ0) is 20.8. The van der Waals surface area contributed by atoms with E-state index in [1.54, 1.807) is 11.0 Å². The third-order valence-electron chi connectivity index (χ3n) is 4.94. The summed E-state index contributed by atoms with van der Waals surface area (Å²) in [6.45, 7) is 2.90. The van der Waals surface area contributed by atoms with Crippen molar-refractivity contribution in [1.29, 1.82) is 0 Å². The van der Waals surface area contributed by atoms with E-state index in [0.717, 1.165) is 10.9 Å². The molecular formula is C20H18Cl2N2O4S. The summed E-state index contributed by atoms with van der Waals surface area (Å²) in [5.74, 6) is 0.0110.